The lowest BCUT2D eigenvalue weighted by Crippen LogP contribution is -2.26. The molecule has 0 saturated carbocycles. The van der Waals surface area contributed by atoms with E-state index in [0.29, 0.717) is 6.61 Å². The molecule has 116 valence electrons. The van der Waals surface area contributed by atoms with E-state index in [1.807, 2.05) is 48.5 Å². The van der Waals surface area contributed by atoms with Crippen molar-refractivity contribution in [2.24, 2.45) is 5.16 Å². The Balaban J connectivity index is 2.10. The number of hydrogen-bond donors (Lipinski definition) is 0. The van der Waals surface area contributed by atoms with Crippen LogP contribution >= 0.6 is 0 Å². The van der Waals surface area contributed by atoms with Crippen LogP contribution in [0.25, 0.3) is 0 Å². The van der Waals surface area contributed by atoms with Crippen LogP contribution in [0.3, 0.4) is 0 Å². The summed E-state index contributed by atoms with van der Waals surface area (Å²) in [7, 11) is 0. The molecule has 0 fully saturated rings. The van der Waals surface area contributed by atoms with Crippen LogP contribution in [0.4, 0.5) is 0 Å². The van der Waals surface area contributed by atoms with Gasteiger partial charge in [-0.25, -0.2) is 0 Å². The first-order valence-electron chi connectivity index (χ1n) is 7.74. The minimum absolute atomic E-state index is 0.574. The zero-order valence-corrected chi connectivity index (χ0v) is 13.3. The first kappa shape index (κ1) is 16.2. The Hall–Kier alpha value is -2.20. The lowest BCUT2D eigenvalue weighted by Gasteiger charge is -2.16. The molecular weight excluding hydrogens is 274 g/mol. The summed E-state index contributed by atoms with van der Waals surface area (Å²) < 4.78 is 0. The van der Waals surface area contributed by atoms with Crippen LogP contribution in [0, 0.1) is 0 Å². The van der Waals surface area contributed by atoms with Crippen LogP contribution in [0.15, 0.2) is 59.9 Å². The Kier molecular flexibility index (Phi) is 6.58. The van der Waals surface area contributed by atoms with E-state index in [1.165, 1.54) is 0 Å². The van der Waals surface area contributed by atoms with Gasteiger partial charge in [-0.3, -0.25) is 4.98 Å². The van der Waals surface area contributed by atoms with Gasteiger partial charge in [0.25, 0.3) is 0 Å². The topological polar surface area (TPSA) is 37.7 Å². The normalized spacial score (nSPS) is 11.7. The molecule has 0 aliphatic rings. The van der Waals surface area contributed by atoms with Crippen LogP contribution in [0.1, 0.15) is 25.1 Å². The predicted octanol–water partition coefficient (Wildman–Crippen LogP) is 3.19. The standard InChI is InChI=1S/C18H23N3O/c1-3-21(4-2)14-15-22-20-18(16-10-6-5-7-11-16)17-12-8-9-13-19-17/h5-13H,3-4,14-15H2,1-2H3. The average molecular weight is 297 g/mol. The average Bonchev–Trinajstić information content (AvgIpc) is 2.60. The van der Waals surface area contributed by atoms with Gasteiger partial charge < -0.3 is 9.74 Å². The number of hydrogen-bond acceptors (Lipinski definition) is 4. The molecule has 0 saturated heterocycles. The number of rotatable bonds is 8. The monoisotopic (exact) mass is 297 g/mol. The Morgan fingerprint density at radius 1 is 1.05 bits per heavy atom. The van der Waals surface area contributed by atoms with Crippen LogP contribution in [-0.4, -0.2) is 41.8 Å². The van der Waals surface area contributed by atoms with Crippen molar-refractivity contribution in [3.8, 4) is 0 Å². The van der Waals surface area contributed by atoms with Crippen molar-refractivity contribution < 1.29 is 4.84 Å². The maximum Gasteiger partial charge on any atom is 0.135 e. The molecule has 0 spiro atoms. The van der Waals surface area contributed by atoms with E-state index in [9.17, 15) is 0 Å². The molecule has 4 nitrogen and oxygen atoms in total. The molecule has 0 atom stereocenters. The number of aromatic nitrogens is 1. The molecule has 2 aromatic rings. The quantitative estimate of drug-likeness (QED) is 0.426. The van der Waals surface area contributed by atoms with Gasteiger partial charge in [-0.15, -0.1) is 0 Å². The van der Waals surface area contributed by atoms with Crippen molar-refractivity contribution in [1.29, 1.82) is 0 Å². The molecule has 1 aromatic carbocycles. The summed E-state index contributed by atoms with van der Waals surface area (Å²) in [6.07, 6.45) is 1.77. The van der Waals surface area contributed by atoms with Crippen molar-refractivity contribution in [3.63, 3.8) is 0 Å². The van der Waals surface area contributed by atoms with E-state index in [-0.39, 0.29) is 0 Å². The van der Waals surface area contributed by atoms with Crippen molar-refractivity contribution >= 4 is 5.71 Å². The highest BCUT2D eigenvalue weighted by atomic mass is 16.6. The number of likely N-dealkylation sites (N-methyl/N-ethyl adjacent to an activating group) is 1. The summed E-state index contributed by atoms with van der Waals surface area (Å²) in [5, 5.41) is 4.33. The highest BCUT2D eigenvalue weighted by molar-refractivity contribution is 6.11. The molecule has 4 heteroatoms. The maximum absolute atomic E-state index is 5.55. The van der Waals surface area contributed by atoms with E-state index >= 15 is 0 Å². The SMILES string of the molecule is CCN(CC)CCON=C(c1ccccc1)c1ccccn1. The Morgan fingerprint density at radius 2 is 1.77 bits per heavy atom. The number of pyridine rings is 1. The number of nitrogens with zero attached hydrogens (tertiary/aromatic N) is 3. The third-order valence-corrected chi connectivity index (χ3v) is 3.50. The second-order valence-corrected chi connectivity index (χ2v) is 4.88. The zero-order valence-electron chi connectivity index (χ0n) is 13.3. The molecule has 0 aliphatic carbocycles. The van der Waals surface area contributed by atoms with Gasteiger partial charge in [0.2, 0.25) is 0 Å². The first-order chi connectivity index (χ1) is 10.8. The van der Waals surface area contributed by atoms with Gasteiger partial charge in [0.05, 0.1) is 5.69 Å². The van der Waals surface area contributed by atoms with Gasteiger partial charge in [0.1, 0.15) is 12.3 Å². The van der Waals surface area contributed by atoms with Gasteiger partial charge in [-0.1, -0.05) is 55.4 Å². The van der Waals surface area contributed by atoms with Gasteiger partial charge in [0, 0.05) is 18.3 Å². The van der Waals surface area contributed by atoms with Crippen LogP contribution < -0.4 is 0 Å². The Bertz CT molecular complexity index is 524. The molecule has 0 radical (unpaired) electrons. The molecule has 2 rings (SSSR count). The maximum atomic E-state index is 5.55. The Morgan fingerprint density at radius 3 is 2.41 bits per heavy atom. The fraction of sp³-hybridized carbons (Fsp3) is 0.333. The Labute approximate surface area is 132 Å². The third kappa shape index (κ3) is 4.67. The highest BCUT2D eigenvalue weighted by Gasteiger charge is 2.08. The lowest BCUT2D eigenvalue weighted by molar-refractivity contribution is 0.114. The molecule has 0 N–H and O–H groups in total. The summed E-state index contributed by atoms with van der Waals surface area (Å²) >= 11 is 0. The van der Waals surface area contributed by atoms with E-state index in [2.05, 4.69) is 28.9 Å². The van der Waals surface area contributed by atoms with Crippen LogP contribution in [0.5, 0.6) is 0 Å². The van der Waals surface area contributed by atoms with Gasteiger partial charge >= 0.3 is 0 Å². The molecule has 1 aromatic heterocycles. The van der Waals surface area contributed by atoms with Crippen molar-refractivity contribution in [3.05, 3.63) is 66.0 Å². The number of benzene rings is 1. The molecule has 0 amide bonds. The molecule has 0 bridgehead atoms. The molecular formula is C18H23N3O. The first-order valence-corrected chi connectivity index (χ1v) is 7.74. The summed E-state index contributed by atoms with van der Waals surface area (Å²) in [4.78, 5) is 12.2. The summed E-state index contributed by atoms with van der Waals surface area (Å²) in [5.74, 6) is 0. The number of oxime groups is 1. The van der Waals surface area contributed by atoms with Crippen LogP contribution in [0.2, 0.25) is 0 Å². The fourth-order valence-corrected chi connectivity index (χ4v) is 2.17. The fourth-order valence-electron chi connectivity index (χ4n) is 2.17. The smallest absolute Gasteiger partial charge is 0.135 e. The van der Waals surface area contributed by atoms with E-state index in [4.69, 9.17) is 4.84 Å². The van der Waals surface area contributed by atoms with E-state index in [0.717, 1.165) is 36.6 Å². The third-order valence-electron chi connectivity index (χ3n) is 3.50. The highest BCUT2D eigenvalue weighted by Crippen LogP contribution is 2.09. The van der Waals surface area contributed by atoms with Crippen molar-refractivity contribution in [2.75, 3.05) is 26.2 Å². The zero-order chi connectivity index (χ0) is 15.6. The second kappa shape index (κ2) is 8.95. The van der Waals surface area contributed by atoms with Crippen LogP contribution in [-0.2, 0) is 4.84 Å². The van der Waals surface area contributed by atoms with Gasteiger partial charge in [0.15, 0.2) is 0 Å². The minimum atomic E-state index is 0.574. The van der Waals surface area contributed by atoms with E-state index < -0.39 is 0 Å². The summed E-state index contributed by atoms with van der Waals surface area (Å²) in [6, 6.07) is 15.8. The van der Waals surface area contributed by atoms with Crippen molar-refractivity contribution in [1.82, 2.24) is 9.88 Å². The van der Waals surface area contributed by atoms with E-state index in [1.54, 1.807) is 6.20 Å². The molecule has 1 heterocycles. The lowest BCUT2D eigenvalue weighted by atomic mass is 10.1. The molecule has 22 heavy (non-hydrogen) atoms. The van der Waals surface area contributed by atoms with Gasteiger partial charge in [-0.2, -0.15) is 0 Å². The van der Waals surface area contributed by atoms with Crippen molar-refractivity contribution in [2.45, 2.75) is 13.8 Å². The minimum Gasteiger partial charge on any atom is -0.394 e. The summed E-state index contributed by atoms with van der Waals surface area (Å²) in [6.45, 7) is 7.79. The van der Waals surface area contributed by atoms with Gasteiger partial charge in [-0.05, 0) is 25.2 Å². The largest absolute Gasteiger partial charge is 0.394 e. The summed E-state index contributed by atoms with van der Waals surface area (Å²) in [5.41, 5.74) is 2.58. The second-order valence-electron chi connectivity index (χ2n) is 4.88. The molecule has 0 aliphatic heterocycles. The molecule has 0 unspecified atom stereocenters. The predicted molar refractivity (Wildman–Crippen MR) is 90.1 cm³/mol.